The third kappa shape index (κ3) is 3.98. The van der Waals surface area contributed by atoms with Gasteiger partial charge in [-0.1, -0.05) is 18.2 Å². The number of rotatable bonds is 4. The molecule has 0 fully saturated rings. The predicted octanol–water partition coefficient (Wildman–Crippen LogP) is 5.15. The van der Waals surface area contributed by atoms with E-state index in [2.05, 4.69) is 5.32 Å². The highest BCUT2D eigenvalue weighted by atomic mass is 19.2. The maximum absolute atomic E-state index is 13.6. The molecular weight excluding hydrogens is 331 g/mol. The number of para-hydroxylation sites is 1. The Kier molecular flexibility index (Phi) is 4.70. The molecule has 3 rings (SSSR count). The van der Waals surface area contributed by atoms with Gasteiger partial charge in [-0.25, -0.2) is 13.2 Å². The number of carbonyl (C=O) groups is 1. The van der Waals surface area contributed by atoms with Crippen LogP contribution in [0.1, 0.15) is 10.4 Å². The summed E-state index contributed by atoms with van der Waals surface area (Å²) in [5.74, 6) is -3.13. The van der Waals surface area contributed by atoms with Crippen molar-refractivity contribution in [2.24, 2.45) is 0 Å². The van der Waals surface area contributed by atoms with Gasteiger partial charge in [0, 0.05) is 17.7 Å². The average molecular weight is 343 g/mol. The monoisotopic (exact) mass is 343 g/mol. The van der Waals surface area contributed by atoms with Crippen LogP contribution < -0.4 is 10.1 Å². The summed E-state index contributed by atoms with van der Waals surface area (Å²) in [6.07, 6.45) is 0. The summed E-state index contributed by atoms with van der Waals surface area (Å²) < 4.78 is 45.2. The highest BCUT2D eigenvalue weighted by molar-refractivity contribution is 6.04. The third-order valence-corrected chi connectivity index (χ3v) is 3.35. The van der Waals surface area contributed by atoms with E-state index >= 15 is 0 Å². The van der Waals surface area contributed by atoms with Gasteiger partial charge in [0.05, 0.1) is 5.69 Å². The largest absolute Gasteiger partial charge is 0.457 e. The van der Waals surface area contributed by atoms with E-state index in [-0.39, 0.29) is 5.56 Å². The van der Waals surface area contributed by atoms with Gasteiger partial charge in [-0.05, 0) is 36.4 Å². The fourth-order valence-electron chi connectivity index (χ4n) is 2.11. The summed E-state index contributed by atoms with van der Waals surface area (Å²) >= 11 is 0. The van der Waals surface area contributed by atoms with Crippen LogP contribution in [-0.2, 0) is 0 Å². The van der Waals surface area contributed by atoms with E-state index in [1.54, 1.807) is 24.3 Å². The average Bonchev–Trinajstić information content (AvgIpc) is 2.61. The van der Waals surface area contributed by atoms with Gasteiger partial charge in [0.15, 0.2) is 11.6 Å². The number of anilines is 1. The first-order chi connectivity index (χ1) is 12.0. The molecule has 3 aromatic rings. The van der Waals surface area contributed by atoms with Crippen molar-refractivity contribution in [1.29, 1.82) is 0 Å². The van der Waals surface area contributed by atoms with Crippen LogP contribution in [0.4, 0.5) is 18.9 Å². The summed E-state index contributed by atoms with van der Waals surface area (Å²) in [5.41, 5.74) is -0.224. The lowest BCUT2D eigenvalue weighted by Gasteiger charge is -2.09. The van der Waals surface area contributed by atoms with Gasteiger partial charge >= 0.3 is 0 Å². The minimum atomic E-state index is -1.32. The number of hydrogen-bond donors (Lipinski definition) is 1. The Morgan fingerprint density at radius 2 is 1.36 bits per heavy atom. The van der Waals surface area contributed by atoms with Gasteiger partial charge in [-0.3, -0.25) is 4.79 Å². The Morgan fingerprint density at radius 1 is 0.760 bits per heavy atom. The number of amides is 1. The Hall–Kier alpha value is -3.28. The van der Waals surface area contributed by atoms with Crippen LogP contribution in [-0.4, -0.2) is 5.91 Å². The molecule has 0 unspecified atom stereocenters. The van der Waals surface area contributed by atoms with E-state index in [0.717, 1.165) is 0 Å². The number of carbonyl (C=O) groups excluding carboxylic acids is 1. The Bertz CT molecular complexity index is 897. The minimum absolute atomic E-state index is 0.213. The summed E-state index contributed by atoms with van der Waals surface area (Å²) in [4.78, 5) is 12.1. The molecule has 0 aromatic heterocycles. The summed E-state index contributed by atoms with van der Waals surface area (Å²) in [6.45, 7) is 0. The van der Waals surface area contributed by atoms with Crippen LogP contribution in [0.15, 0.2) is 66.7 Å². The molecule has 0 aliphatic carbocycles. The Labute approximate surface area is 141 Å². The van der Waals surface area contributed by atoms with E-state index in [9.17, 15) is 18.0 Å². The van der Waals surface area contributed by atoms with Crippen LogP contribution >= 0.6 is 0 Å². The molecule has 0 aliphatic rings. The van der Waals surface area contributed by atoms with Gasteiger partial charge in [-0.2, -0.15) is 0 Å². The summed E-state index contributed by atoms with van der Waals surface area (Å²) in [6, 6.07) is 16.2. The first-order valence-corrected chi connectivity index (χ1v) is 7.32. The summed E-state index contributed by atoms with van der Waals surface area (Å²) in [7, 11) is 0. The molecule has 0 heterocycles. The zero-order valence-electron chi connectivity index (χ0n) is 12.8. The summed E-state index contributed by atoms with van der Waals surface area (Å²) in [5, 5.41) is 2.20. The number of hydrogen-bond acceptors (Lipinski definition) is 2. The van der Waals surface area contributed by atoms with Crippen LogP contribution in [0.25, 0.3) is 0 Å². The van der Waals surface area contributed by atoms with Crippen LogP contribution in [0.5, 0.6) is 11.5 Å². The molecule has 1 N–H and O–H groups in total. The minimum Gasteiger partial charge on any atom is -0.457 e. The normalized spacial score (nSPS) is 10.4. The lowest BCUT2D eigenvalue weighted by molar-refractivity contribution is 0.102. The van der Waals surface area contributed by atoms with Crippen molar-refractivity contribution in [3.05, 3.63) is 89.7 Å². The van der Waals surface area contributed by atoms with Crippen molar-refractivity contribution >= 4 is 11.6 Å². The van der Waals surface area contributed by atoms with E-state index in [4.69, 9.17) is 4.74 Å². The molecule has 3 nitrogen and oxygen atoms in total. The fourth-order valence-corrected chi connectivity index (χ4v) is 2.11. The van der Waals surface area contributed by atoms with Crippen molar-refractivity contribution in [2.75, 3.05) is 5.32 Å². The second-order valence-electron chi connectivity index (χ2n) is 5.14. The highest BCUT2D eigenvalue weighted by Gasteiger charge is 2.13. The van der Waals surface area contributed by atoms with Crippen molar-refractivity contribution in [3.8, 4) is 11.5 Å². The SMILES string of the molecule is O=C(Nc1cc(F)c(F)cc1F)c1ccc(Oc2ccccc2)cc1. The van der Waals surface area contributed by atoms with E-state index in [0.29, 0.717) is 23.6 Å². The lowest BCUT2D eigenvalue weighted by atomic mass is 10.2. The van der Waals surface area contributed by atoms with E-state index < -0.39 is 29.0 Å². The predicted molar refractivity (Wildman–Crippen MR) is 87.2 cm³/mol. The fraction of sp³-hybridized carbons (Fsp3) is 0. The maximum Gasteiger partial charge on any atom is 0.255 e. The number of ether oxygens (including phenoxy) is 1. The molecule has 0 aliphatic heterocycles. The Balaban J connectivity index is 1.72. The molecular formula is C19H12F3NO2. The topological polar surface area (TPSA) is 38.3 Å². The molecule has 0 saturated carbocycles. The molecule has 0 atom stereocenters. The molecule has 0 bridgehead atoms. The zero-order chi connectivity index (χ0) is 17.8. The lowest BCUT2D eigenvalue weighted by Crippen LogP contribution is -2.13. The second-order valence-corrected chi connectivity index (χ2v) is 5.14. The quantitative estimate of drug-likeness (QED) is 0.666. The molecule has 0 radical (unpaired) electrons. The van der Waals surface area contributed by atoms with Crippen LogP contribution in [0.2, 0.25) is 0 Å². The molecule has 1 amide bonds. The van der Waals surface area contributed by atoms with Gasteiger partial charge in [0.25, 0.3) is 5.91 Å². The zero-order valence-corrected chi connectivity index (χ0v) is 12.8. The molecule has 0 saturated heterocycles. The maximum atomic E-state index is 13.6. The van der Waals surface area contributed by atoms with Crippen LogP contribution in [0, 0.1) is 17.5 Å². The number of nitrogens with one attached hydrogen (secondary N) is 1. The van der Waals surface area contributed by atoms with Gasteiger partial charge in [-0.15, -0.1) is 0 Å². The van der Waals surface area contributed by atoms with Crippen molar-refractivity contribution in [3.63, 3.8) is 0 Å². The van der Waals surface area contributed by atoms with E-state index in [1.165, 1.54) is 12.1 Å². The van der Waals surface area contributed by atoms with Gasteiger partial charge in [0.1, 0.15) is 17.3 Å². The van der Waals surface area contributed by atoms with Gasteiger partial charge < -0.3 is 10.1 Å². The van der Waals surface area contributed by atoms with Crippen molar-refractivity contribution in [1.82, 2.24) is 0 Å². The smallest absolute Gasteiger partial charge is 0.255 e. The number of benzene rings is 3. The first-order valence-electron chi connectivity index (χ1n) is 7.32. The van der Waals surface area contributed by atoms with Gasteiger partial charge in [0.2, 0.25) is 0 Å². The molecule has 0 spiro atoms. The number of halogens is 3. The Morgan fingerprint density at radius 3 is 2.04 bits per heavy atom. The molecule has 126 valence electrons. The molecule has 25 heavy (non-hydrogen) atoms. The standard InChI is InChI=1S/C19H12F3NO2/c20-15-10-17(22)18(11-16(15)21)23-19(24)12-6-8-14(9-7-12)25-13-4-2-1-3-5-13/h1-11H,(H,23,24). The van der Waals surface area contributed by atoms with Crippen LogP contribution in [0.3, 0.4) is 0 Å². The molecule has 3 aromatic carbocycles. The molecule has 6 heteroatoms. The second kappa shape index (κ2) is 7.09. The van der Waals surface area contributed by atoms with Crippen molar-refractivity contribution < 1.29 is 22.7 Å². The van der Waals surface area contributed by atoms with Crippen molar-refractivity contribution in [2.45, 2.75) is 0 Å². The first kappa shape index (κ1) is 16.6. The highest BCUT2D eigenvalue weighted by Crippen LogP contribution is 2.22. The van der Waals surface area contributed by atoms with E-state index in [1.807, 2.05) is 18.2 Å². The third-order valence-electron chi connectivity index (χ3n) is 3.35.